The molecule has 1 N–H and O–H groups in total. The first-order valence-corrected chi connectivity index (χ1v) is 6.89. The van der Waals surface area contributed by atoms with Crippen molar-refractivity contribution in [3.05, 3.63) is 27.2 Å². The Kier molecular flexibility index (Phi) is 4.26. The number of aromatic nitrogens is 4. The van der Waals surface area contributed by atoms with E-state index in [4.69, 9.17) is 17.0 Å². The van der Waals surface area contributed by atoms with Crippen molar-refractivity contribution in [3.8, 4) is 17.4 Å². The maximum atomic E-state index is 5.26. The third kappa shape index (κ3) is 2.98. The smallest absolute Gasteiger partial charge is 0.216 e. The van der Waals surface area contributed by atoms with E-state index < -0.39 is 0 Å². The third-order valence-corrected chi connectivity index (χ3v) is 3.92. The van der Waals surface area contributed by atoms with Crippen LogP contribution in [0.2, 0.25) is 0 Å². The molecule has 0 aliphatic heterocycles. The zero-order valence-corrected chi connectivity index (χ0v) is 13.2. The Balaban J connectivity index is 2.59. The molecule has 0 unspecified atom stereocenters. The summed E-state index contributed by atoms with van der Waals surface area (Å²) in [5.41, 5.74) is 1.64. The maximum absolute atomic E-state index is 5.26. The highest BCUT2D eigenvalue weighted by atomic mass is 79.9. The molecule has 5 nitrogen and oxygen atoms in total. The third-order valence-electron chi connectivity index (χ3n) is 2.56. The quantitative estimate of drug-likeness (QED) is 0.866. The average molecular weight is 341 g/mol. The van der Waals surface area contributed by atoms with Gasteiger partial charge in [-0.05, 0) is 21.8 Å². The molecule has 19 heavy (non-hydrogen) atoms. The zero-order chi connectivity index (χ0) is 14.0. The SMILES string of the molecule is COc1cc(-c2nc(=S)c(Br)c(C(C)C)[nH]2)ncn1. The molecule has 2 heterocycles. The van der Waals surface area contributed by atoms with Gasteiger partial charge in [-0.3, -0.25) is 0 Å². The van der Waals surface area contributed by atoms with Gasteiger partial charge in [-0.2, -0.15) is 0 Å². The summed E-state index contributed by atoms with van der Waals surface area (Å²) in [6.45, 7) is 4.16. The van der Waals surface area contributed by atoms with Crippen LogP contribution < -0.4 is 4.74 Å². The van der Waals surface area contributed by atoms with E-state index in [-0.39, 0.29) is 0 Å². The van der Waals surface area contributed by atoms with Gasteiger partial charge in [-0.15, -0.1) is 0 Å². The number of aromatic amines is 1. The molecule has 0 fully saturated rings. The Labute approximate surface area is 124 Å². The van der Waals surface area contributed by atoms with Crippen LogP contribution in [0.25, 0.3) is 11.5 Å². The molecule has 0 saturated heterocycles. The highest BCUT2D eigenvalue weighted by Crippen LogP contribution is 2.26. The molecule has 100 valence electrons. The summed E-state index contributed by atoms with van der Waals surface area (Å²) in [4.78, 5) is 15.7. The predicted molar refractivity (Wildman–Crippen MR) is 78.8 cm³/mol. The fourth-order valence-corrected chi connectivity index (χ4v) is 2.42. The van der Waals surface area contributed by atoms with Crippen LogP contribution in [0.3, 0.4) is 0 Å². The van der Waals surface area contributed by atoms with E-state index >= 15 is 0 Å². The molecule has 0 aliphatic carbocycles. The van der Waals surface area contributed by atoms with E-state index in [1.165, 1.54) is 6.33 Å². The summed E-state index contributed by atoms with van der Waals surface area (Å²) < 4.78 is 6.41. The van der Waals surface area contributed by atoms with Gasteiger partial charge in [0, 0.05) is 11.8 Å². The monoisotopic (exact) mass is 340 g/mol. The van der Waals surface area contributed by atoms with Gasteiger partial charge in [0.25, 0.3) is 0 Å². The minimum atomic E-state index is 0.293. The summed E-state index contributed by atoms with van der Waals surface area (Å²) in [7, 11) is 1.56. The second kappa shape index (κ2) is 5.75. The number of ether oxygens (including phenoxy) is 1. The van der Waals surface area contributed by atoms with Crippen LogP contribution in [0.1, 0.15) is 25.5 Å². The van der Waals surface area contributed by atoms with Crippen molar-refractivity contribution in [1.29, 1.82) is 0 Å². The first-order chi connectivity index (χ1) is 9.02. The van der Waals surface area contributed by atoms with E-state index in [9.17, 15) is 0 Å². The molecule has 0 radical (unpaired) electrons. The van der Waals surface area contributed by atoms with Gasteiger partial charge in [0.2, 0.25) is 5.88 Å². The lowest BCUT2D eigenvalue weighted by atomic mass is 10.1. The van der Waals surface area contributed by atoms with Crippen molar-refractivity contribution in [2.75, 3.05) is 7.11 Å². The van der Waals surface area contributed by atoms with Crippen LogP contribution >= 0.6 is 28.1 Å². The first kappa shape index (κ1) is 14.1. The lowest BCUT2D eigenvalue weighted by Gasteiger charge is -2.11. The van der Waals surface area contributed by atoms with E-state index in [2.05, 4.69) is 49.7 Å². The van der Waals surface area contributed by atoms with Crippen LogP contribution in [-0.2, 0) is 0 Å². The lowest BCUT2D eigenvalue weighted by molar-refractivity contribution is 0.397. The minimum Gasteiger partial charge on any atom is -0.481 e. The first-order valence-electron chi connectivity index (χ1n) is 5.69. The maximum Gasteiger partial charge on any atom is 0.216 e. The van der Waals surface area contributed by atoms with Crippen molar-refractivity contribution >= 4 is 28.1 Å². The number of nitrogens with one attached hydrogen (secondary N) is 1. The van der Waals surface area contributed by atoms with Gasteiger partial charge in [0.1, 0.15) is 16.7 Å². The summed E-state index contributed by atoms with van der Waals surface area (Å²) >= 11 is 8.72. The second-order valence-electron chi connectivity index (χ2n) is 4.22. The molecule has 0 spiro atoms. The van der Waals surface area contributed by atoms with E-state index in [0.717, 1.165) is 10.2 Å². The second-order valence-corrected chi connectivity index (χ2v) is 5.40. The highest BCUT2D eigenvalue weighted by Gasteiger charge is 2.12. The van der Waals surface area contributed by atoms with Crippen LogP contribution in [0.15, 0.2) is 16.9 Å². The predicted octanol–water partition coefficient (Wildman–Crippen LogP) is 3.49. The molecule has 2 aromatic heterocycles. The summed E-state index contributed by atoms with van der Waals surface area (Å²) in [6, 6.07) is 1.71. The van der Waals surface area contributed by atoms with Crippen molar-refractivity contribution in [3.63, 3.8) is 0 Å². The summed E-state index contributed by atoms with van der Waals surface area (Å²) in [6.07, 6.45) is 1.43. The van der Waals surface area contributed by atoms with Crippen LogP contribution in [0, 0.1) is 4.64 Å². The van der Waals surface area contributed by atoms with Gasteiger partial charge in [-0.1, -0.05) is 26.1 Å². The molecule has 7 heteroatoms. The molecule has 0 saturated carbocycles. The van der Waals surface area contributed by atoms with Crippen LogP contribution in [0.5, 0.6) is 5.88 Å². The van der Waals surface area contributed by atoms with Crippen LogP contribution in [-0.4, -0.2) is 27.0 Å². The van der Waals surface area contributed by atoms with Gasteiger partial charge in [-0.25, -0.2) is 15.0 Å². The summed E-state index contributed by atoms with van der Waals surface area (Å²) in [5.74, 6) is 1.39. The van der Waals surface area contributed by atoms with Gasteiger partial charge in [0.15, 0.2) is 5.82 Å². The van der Waals surface area contributed by atoms with Gasteiger partial charge in [0.05, 0.1) is 11.6 Å². The molecule has 0 aliphatic rings. The Hall–Kier alpha value is -1.34. The number of hydrogen-bond acceptors (Lipinski definition) is 5. The standard InChI is InChI=1S/C12H13BrN4OS/c1-6(2)10-9(13)12(19)17-11(16-10)7-4-8(18-3)15-5-14-7/h4-6H,1-3H3,(H,16,17,19). The van der Waals surface area contributed by atoms with Crippen molar-refractivity contribution in [2.45, 2.75) is 19.8 Å². The average Bonchev–Trinajstić information content (AvgIpc) is 2.41. The number of nitrogens with zero attached hydrogens (tertiary/aromatic N) is 3. The molecule has 0 amide bonds. The number of hydrogen-bond donors (Lipinski definition) is 1. The van der Waals surface area contributed by atoms with Crippen molar-refractivity contribution in [1.82, 2.24) is 19.9 Å². The Morgan fingerprint density at radius 2 is 2.11 bits per heavy atom. The summed E-state index contributed by atoms with van der Waals surface area (Å²) in [5, 5.41) is 0. The van der Waals surface area contributed by atoms with Crippen molar-refractivity contribution < 1.29 is 4.74 Å². The molecule has 2 aromatic rings. The minimum absolute atomic E-state index is 0.293. The largest absolute Gasteiger partial charge is 0.481 e. The number of methoxy groups -OCH3 is 1. The molecule has 0 bridgehead atoms. The number of halogens is 1. The molecule has 0 aromatic carbocycles. The van der Waals surface area contributed by atoms with Gasteiger partial charge < -0.3 is 9.72 Å². The fourth-order valence-electron chi connectivity index (χ4n) is 1.58. The van der Waals surface area contributed by atoms with Crippen LogP contribution in [0.4, 0.5) is 0 Å². The fraction of sp³-hybridized carbons (Fsp3) is 0.333. The van der Waals surface area contributed by atoms with E-state index in [1.54, 1.807) is 13.2 Å². The van der Waals surface area contributed by atoms with Gasteiger partial charge >= 0.3 is 0 Å². The number of H-pyrrole nitrogens is 1. The molecule has 0 atom stereocenters. The number of rotatable bonds is 3. The van der Waals surface area contributed by atoms with E-state index in [0.29, 0.717) is 28.0 Å². The van der Waals surface area contributed by atoms with Crippen molar-refractivity contribution in [2.24, 2.45) is 0 Å². The highest BCUT2D eigenvalue weighted by molar-refractivity contribution is 9.10. The Bertz CT molecular complexity index is 656. The zero-order valence-electron chi connectivity index (χ0n) is 10.8. The normalized spacial score (nSPS) is 10.8. The Morgan fingerprint density at radius 3 is 2.74 bits per heavy atom. The van der Waals surface area contributed by atoms with E-state index in [1.807, 2.05) is 0 Å². The molecular weight excluding hydrogens is 328 g/mol. The lowest BCUT2D eigenvalue weighted by Crippen LogP contribution is -2.02. The molecule has 2 rings (SSSR count). The Morgan fingerprint density at radius 1 is 1.37 bits per heavy atom. The molecular formula is C12H13BrN4OS. The topological polar surface area (TPSA) is 63.7 Å².